The number of hydrogen-bond donors (Lipinski definition) is 0. The van der Waals surface area contributed by atoms with Crippen LogP contribution in [0.15, 0.2) is 48.9 Å². The summed E-state index contributed by atoms with van der Waals surface area (Å²) in [6.07, 6.45) is 5.24. The summed E-state index contributed by atoms with van der Waals surface area (Å²) in [6.45, 7) is 0. The molecule has 0 spiro atoms. The number of rotatable bonds is 4. The molecule has 20 heavy (non-hydrogen) atoms. The number of carbonyl (C=O) groups is 1. The third kappa shape index (κ3) is 2.14. The molecule has 0 aliphatic heterocycles. The first-order valence-electron chi connectivity index (χ1n) is 6.23. The van der Waals surface area contributed by atoms with Crippen molar-refractivity contribution in [1.82, 2.24) is 14.6 Å². The minimum absolute atomic E-state index is 0.0248. The van der Waals surface area contributed by atoms with Crippen molar-refractivity contribution >= 4 is 11.4 Å². The molecule has 1 aromatic carbocycles. The van der Waals surface area contributed by atoms with Gasteiger partial charge in [0.25, 0.3) is 0 Å². The molecule has 0 saturated heterocycles. The maximum absolute atomic E-state index is 12.4. The van der Waals surface area contributed by atoms with Crippen molar-refractivity contribution in [2.24, 2.45) is 0 Å². The Bertz CT molecular complexity index is 764. The molecule has 5 heteroatoms. The summed E-state index contributed by atoms with van der Waals surface area (Å²) in [4.78, 5) is 16.6. The molecule has 3 rings (SSSR count). The summed E-state index contributed by atoms with van der Waals surface area (Å²) in [7, 11) is 1.60. The number of ether oxygens (including phenoxy) is 1. The van der Waals surface area contributed by atoms with Crippen LogP contribution < -0.4 is 4.74 Å². The molecule has 2 aromatic heterocycles. The van der Waals surface area contributed by atoms with Crippen LogP contribution in [-0.4, -0.2) is 27.5 Å². The van der Waals surface area contributed by atoms with Gasteiger partial charge in [-0.1, -0.05) is 18.2 Å². The van der Waals surface area contributed by atoms with Crippen LogP contribution in [0.4, 0.5) is 0 Å². The van der Waals surface area contributed by atoms with Gasteiger partial charge in [0.05, 0.1) is 18.9 Å². The number of aromatic nitrogens is 3. The van der Waals surface area contributed by atoms with E-state index in [0.717, 1.165) is 5.56 Å². The lowest BCUT2D eigenvalue weighted by atomic mass is 10.0. The molecule has 0 N–H and O–H groups in total. The molecular weight excluding hydrogens is 254 g/mol. The van der Waals surface area contributed by atoms with Gasteiger partial charge in [-0.15, -0.1) is 0 Å². The first-order valence-corrected chi connectivity index (χ1v) is 6.23. The lowest BCUT2D eigenvalue weighted by Gasteiger charge is -2.06. The van der Waals surface area contributed by atoms with Crippen molar-refractivity contribution in [3.8, 4) is 5.75 Å². The van der Waals surface area contributed by atoms with Gasteiger partial charge in [-0.2, -0.15) is 5.10 Å². The Balaban J connectivity index is 1.93. The van der Waals surface area contributed by atoms with Crippen LogP contribution in [0, 0.1) is 0 Å². The second-order valence-electron chi connectivity index (χ2n) is 4.36. The van der Waals surface area contributed by atoms with E-state index >= 15 is 0 Å². The SMILES string of the molecule is COc1ccccc1CC(=O)c1cnn2cccnc12. The van der Waals surface area contributed by atoms with Crippen LogP contribution in [0.3, 0.4) is 0 Å². The smallest absolute Gasteiger partial charge is 0.172 e. The predicted molar refractivity (Wildman–Crippen MR) is 74.0 cm³/mol. The van der Waals surface area contributed by atoms with E-state index in [1.165, 1.54) is 0 Å². The van der Waals surface area contributed by atoms with Gasteiger partial charge in [0, 0.05) is 24.4 Å². The minimum atomic E-state index is -0.0248. The van der Waals surface area contributed by atoms with E-state index in [1.807, 2.05) is 24.3 Å². The number of Topliss-reactive ketones (excluding diaryl/α,β-unsaturated/α-hetero) is 1. The molecule has 5 nitrogen and oxygen atoms in total. The molecule has 100 valence electrons. The Morgan fingerprint density at radius 1 is 1.30 bits per heavy atom. The van der Waals surface area contributed by atoms with Crippen LogP contribution >= 0.6 is 0 Å². The standard InChI is InChI=1S/C15H13N3O2/c1-20-14-6-3-2-5-11(14)9-13(19)12-10-17-18-8-4-7-16-15(12)18/h2-8,10H,9H2,1H3. The van der Waals surface area contributed by atoms with Crippen LogP contribution in [0.5, 0.6) is 5.75 Å². The number of ketones is 1. The van der Waals surface area contributed by atoms with Crippen molar-refractivity contribution in [3.63, 3.8) is 0 Å². The van der Waals surface area contributed by atoms with Gasteiger partial charge in [0.1, 0.15) is 5.75 Å². The Hall–Kier alpha value is -2.69. The lowest BCUT2D eigenvalue weighted by Crippen LogP contribution is -2.05. The van der Waals surface area contributed by atoms with Crippen molar-refractivity contribution < 1.29 is 9.53 Å². The zero-order chi connectivity index (χ0) is 13.9. The number of nitrogens with zero attached hydrogens (tertiary/aromatic N) is 3. The number of methoxy groups -OCH3 is 1. The van der Waals surface area contributed by atoms with Crippen LogP contribution in [0.2, 0.25) is 0 Å². The third-order valence-electron chi connectivity index (χ3n) is 3.12. The highest BCUT2D eigenvalue weighted by Gasteiger charge is 2.15. The van der Waals surface area contributed by atoms with Gasteiger partial charge in [0.2, 0.25) is 0 Å². The fraction of sp³-hybridized carbons (Fsp3) is 0.133. The zero-order valence-electron chi connectivity index (χ0n) is 11.0. The largest absolute Gasteiger partial charge is 0.496 e. The Morgan fingerprint density at radius 3 is 3.00 bits per heavy atom. The predicted octanol–water partition coefficient (Wildman–Crippen LogP) is 2.16. The van der Waals surface area contributed by atoms with Crippen molar-refractivity contribution in [1.29, 1.82) is 0 Å². The highest BCUT2D eigenvalue weighted by Crippen LogP contribution is 2.20. The number of benzene rings is 1. The molecule has 0 atom stereocenters. The summed E-state index contributed by atoms with van der Waals surface area (Å²) in [5, 5.41) is 4.13. The van der Waals surface area contributed by atoms with Crippen LogP contribution in [0.1, 0.15) is 15.9 Å². The van der Waals surface area contributed by atoms with Crippen molar-refractivity contribution in [2.75, 3.05) is 7.11 Å². The van der Waals surface area contributed by atoms with Gasteiger partial charge >= 0.3 is 0 Å². The van der Waals surface area contributed by atoms with Crippen molar-refractivity contribution in [3.05, 3.63) is 60.0 Å². The normalized spacial score (nSPS) is 10.7. The Morgan fingerprint density at radius 2 is 2.15 bits per heavy atom. The Labute approximate surface area is 115 Å². The number of hydrogen-bond acceptors (Lipinski definition) is 4. The number of para-hydroxylation sites is 1. The second kappa shape index (κ2) is 5.13. The number of carbonyl (C=O) groups excluding carboxylic acids is 1. The summed E-state index contributed by atoms with van der Waals surface area (Å²) in [5.41, 5.74) is 1.96. The highest BCUT2D eigenvalue weighted by molar-refractivity contribution is 6.02. The Kier molecular flexibility index (Phi) is 3.16. The summed E-state index contributed by atoms with van der Waals surface area (Å²) in [6, 6.07) is 9.27. The van der Waals surface area contributed by atoms with Gasteiger partial charge in [-0.3, -0.25) is 4.79 Å². The first-order chi connectivity index (χ1) is 9.79. The molecule has 0 saturated carbocycles. The minimum Gasteiger partial charge on any atom is -0.496 e. The van der Waals surface area contributed by atoms with E-state index in [0.29, 0.717) is 17.0 Å². The average Bonchev–Trinajstić information content (AvgIpc) is 2.92. The summed E-state index contributed by atoms with van der Waals surface area (Å²) < 4.78 is 6.86. The van der Waals surface area contributed by atoms with Gasteiger partial charge in [0.15, 0.2) is 11.4 Å². The molecule has 2 heterocycles. The van der Waals surface area contributed by atoms with E-state index < -0.39 is 0 Å². The third-order valence-corrected chi connectivity index (χ3v) is 3.12. The van der Waals surface area contributed by atoms with E-state index in [9.17, 15) is 4.79 Å². The van der Waals surface area contributed by atoms with Crippen LogP contribution in [-0.2, 0) is 6.42 Å². The first kappa shape index (κ1) is 12.3. The second-order valence-corrected chi connectivity index (χ2v) is 4.36. The molecule has 0 bridgehead atoms. The molecule has 0 radical (unpaired) electrons. The summed E-state index contributed by atoms with van der Waals surface area (Å²) >= 11 is 0. The summed E-state index contributed by atoms with van der Waals surface area (Å²) in [5.74, 6) is 0.688. The average molecular weight is 267 g/mol. The maximum atomic E-state index is 12.4. The highest BCUT2D eigenvalue weighted by atomic mass is 16.5. The van der Waals surface area contributed by atoms with Gasteiger partial charge in [-0.05, 0) is 12.1 Å². The fourth-order valence-corrected chi connectivity index (χ4v) is 2.14. The molecule has 0 unspecified atom stereocenters. The van der Waals surface area contributed by atoms with E-state index in [2.05, 4.69) is 10.1 Å². The maximum Gasteiger partial charge on any atom is 0.172 e. The van der Waals surface area contributed by atoms with Gasteiger partial charge < -0.3 is 4.74 Å². The fourth-order valence-electron chi connectivity index (χ4n) is 2.14. The lowest BCUT2D eigenvalue weighted by molar-refractivity contribution is 0.0993. The monoisotopic (exact) mass is 267 g/mol. The van der Waals surface area contributed by atoms with E-state index in [1.54, 1.807) is 36.3 Å². The van der Waals surface area contributed by atoms with E-state index in [-0.39, 0.29) is 12.2 Å². The topological polar surface area (TPSA) is 56.5 Å². The van der Waals surface area contributed by atoms with E-state index in [4.69, 9.17) is 4.74 Å². The molecule has 0 fully saturated rings. The molecule has 0 amide bonds. The molecular formula is C15H13N3O2. The molecule has 0 aliphatic rings. The zero-order valence-corrected chi connectivity index (χ0v) is 11.0. The molecule has 0 aliphatic carbocycles. The number of fused-ring (bicyclic) bond motifs is 1. The van der Waals surface area contributed by atoms with Gasteiger partial charge in [-0.25, -0.2) is 9.50 Å². The van der Waals surface area contributed by atoms with Crippen molar-refractivity contribution in [2.45, 2.75) is 6.42 Å². The quantitative estimate of drug-likeness (QED) is 0.680. The molecule has 3 aromatic rings. The van der Waals surface area contributed by atoms with Crippen LogP contribution in [0.25, 0.3) is 5.65 Å².